The number of carbonyl (C=O) groups is 1. The lowest BCUT2D eigenvalue weighted by atomic mass is 9.97. The lowest BCUT2D eigenvalue weighted by Gasteiger charge is -2.16. The van der Waals surface area contributed by atoms with Crippen LogP contribution in [0.4, 0.5) is 5.69 Å². The zero-order valence-electron chi connectivity index (χ0n) is 14.1. The van der Waals surface area contributed by atoms with Gasteiger partial charge in [0.1, 0.15) is 11.7 Å². The zero-order chi connectivity index (χ0) is 17.6. The molecule has 7 heteroatoms. The molecule has 7 nitrogen and oxygen atoms in total. The van der Waals surface area contributed by atoms with Crippen molar-refractivity contribution < 1.29 is 9.53 Å². The van der Waals surface area contributed by atoms with Gasteiger partial charge in [-0.25, -0.2) is 0 Å². The molecule has 0 spiro atoms. The number of methoxy groups -OCH3 is 1. The van der Waals surface area contributed by atoms with Crippen molar-refractivity contribution in [1.29, 1.82) is 0 Å². The number of nitrogens with zero attached hydrogens (tertiary/aromatic N) is 3. The molecule has 2 aromatic carbocycles. The average molecular weight is 337 g/mol. The molecule has 3 aromatic rings. The maximum Gasteiger partial charge on any atom is 0.235 e. The number of H-pyrrole nitrogens is 1. The molecule has 1 amide bonds. The van der Waals surface area contributed by atoms with Crippen LogP contribution in [-0.4, -0.2) is 33.6 Å². The van der Waals surface area contributed by atoms with Gasteiger partial charge in [0.2, 0.25) is 5.91 Å². The third kappa shape index (κ3) is 4.00. The van der Waals surface area contributed by atoms with Crippen LogP contribution in [0, 0.1) is 6.92 Å². The van der Waals surface area contributed by atoms with Crippen LogP contribution in [0.5, 0.6) is 5.75 Å². The number of aromatic nitrogens is 4. The van der Waals surface area contributed by atoms with Crippen LogP contribution in [0.15, 0.2) is 48.5 Å². The van der Waals surface area contributed by atoms with Crippen molar-refractivity contribution in [3.05, 3.63) is 65.5 Å². The molecule has 0 aliphatic carbocycles. The minimum absolute atomic E-state index is 0.196. The van der Waals surface area contributed by atoms with Crippen molar-refractivity contribution in [3.63, 3.8) is 0 Å². The summed E-state index contributed by atoms with van der Waals surface area (Å²) in [7, 11) is 1.61. The smallest absolute Gasteiger partial charge is 0.235 e. The predicted octanol–water partition coefficient (Wildman–Crippen LogP) is 2.48. The molecule has 1 atom stereocenters. The first-order valence-electron chi connectivity index (χ1n) is 7.90. The minimum Gasteiger partial charge on any atom is -0.496 e. The van der Waals surface area contributed by atoms with E-state index in [0.29, 0.717) is 12.2 Å². The Hall–Kier alpha value is -3.22. The number of tetrazole rings is 1. The maximum absolute atomic E-state index is 12.9. The lowest BCUT2D eigenvalue weighted by Crippen LogP contribution is -2.24. The highest BCUT2D eigenvalue weighted by Crippen LogP contribution is 2.26. The number of benzene rings is 2. The van der Waals surface area contributed by atoms with Crippen LogP contribution >= 0.6 is 0 Å². The van der Waals surface area contributed by atoms with E-state index in [-0.39, 0.29) is 5.91 Å². The number of ether oxygens (including phenoxy) is 1. The molecular weight excluding hydrogens is 318 g/mol. The van der Waals surface area contributed by atoms with Gasteiger partial charge in [0.15, 0.2) is 5.82 Å². The van der Waals surface area contributed by atoms with E-state index < -0.39 is 5.92 Å². The lowest BCUT2D eigenvalue weighted by molar-refractivity contribution is -0.117. The van der Waals surface area contributed by atoms with Crippen molar-refractivity contribution in [3.8, 4) is 5.75 Å². The molecule has 0 radical (unpaired) electrons. The van der Waals surface area contributed by atoms with E-state index in [2.05, 4.69) is 25.9 Å². The molecule has 3 rings (SSSR count). The molecule has 2 N–H and O–H groups in total. The fourth-order valence-corrected chi connectivity index (χ4v) is 2.66. The number of aromatic amines is 1. The van der Waals surface area contributed by atoms with Gasteiger partial charge in [-0.2, -0.15) is 5.21 Å². The third-order valence-electron chi connectivity index (χ3n) is 3.89. The van der Waals surface area contributed by atoms with Gasteiger partial charge in [0.05, 0.1) is 7.11 Å². The first-order valence-corrected chi connectivity index (χ1v) is 7.90. The van der Waals surface area contributed by atoms with Crippen LogP contribution in [0.1, 0.15) is 22.9 Å². The number of hydrogen-bond donors (Lipinski definition) is 2. The number of rotatable bonds is 6. The predicted molar refractivity (Wildman–Crippen MR) is 93.4 cm³/mol. The van der Waals surface area contributed by atoms with Gasteiger partial charge in [0.25, 0.3) is 0 Å². The van der Waals surface area contributed by atoms with Crippen molar-refractivity contribution >= 4 is 11.6 Å². The normalized spacial score (nSPS) is 11.8. The summed E-state index contributed by atoms with van der Waals surface area (Å²) in [6.07, 6.45) is 0.404. The Bertz CT molecular complexity index is 848. The molecule has 128 valence electrons. The molecule has 0 aliphatic rings. The van der Waals surface area contributed by atoms with E-state index in [1.165, 1.54) is 0 Å². The molecule has 1 heterocycles. The van der Waals surface area contributed by atoms with Gasteiger partial charge in [-0.05, 0) is 42.7 Å². The fraction of sp³-hybridized carbons (Fsp3) is 0.222. The summed E-state index contributed by atoms with van der Waals surface area (Å²) in [5.41, 5.74) is 2.70. The molecule has 0 fully saturated rings. The van der Waals surface area contributed by atoms with Gasteiger partial charge in [-0.3, -0.25) is 4.79 Å². The van der Waals surface area contributed by atoms with Crippen LogP contribution in [-0.2, 0) is 11.2 Å². The molecule has 0 saturated carbocycles. The number of nitrogens with one attached hydrogen (secondary N) is 2. The number of hydrogen-bond acceptors (Lipinski definition) is 5. The number of carbonyl (C=O) groups excluding carboxylic acids is 1. The molecule has 0 saturated heterocycles. The Morgan fingerprint density at radius 2 is 2.08 bits per heavy atom. The van der Waals surface area contributed by atoms with E-state index in [1.807, 2.05) is 55.5 Å². The highest BCUT2D eigenvalue weighted by molar-refractivity contribution is 5.95. The molecule has 25 heavy (non-hydrogen) atoms. The summed E-state index contributed by atoms with van der Waals surface area (Å²) >= 11 is 0. The second-order valence-corrected chi connectivity index (χ2v) is 5.70. The SMILES string of the molecule is COc1ccccc1C[C@@H](C(=O)Nc1cccc(C)c1)c1nn[nH]n1. The van der Waals surface area contributed by atoms with Crippen molar-refractivity contribution in [2.24, 2.45) is 0 Å². The number of amides is 1. The maximum atomic E-state index is 12.9. The first-order chi connectivity index (χ1) is 12.2. The Balaban J connectivity index is 1.86. The summed E-state index contributed by atoms with van der Waals surface area (Å²) in [5, 5.41) is 16.9. The average Bonchev–Trinajstić information content (AvgIpc) is 3.14. The summed E-state index contributed by atoms with van der Waals surface area (Å²) in [6, 6.07) is 15.2. The van der Waals surface area contributed by atoms with Crippen LogP contribution < -0.4 is 10.1 Å². The quantitative estimate of drug-likeness (QED) is 0.721. The van der Waals surface area contributed by atoms with E-state index in [0.717, 1.165) is 22.6 Å². The van der Waals surface area contributed by atoms with Crippen LogP contribution in [0.3, 0.4) is 0 Å². The Morgan fingerprint density at radius 1 is 1.24 bits per heavy atom. The van der Waals surface area contributed by atoms with E-state index in [4.69, 9.17) is 4.74 Å². The molecule has 1 aromatic heterocycles. The fourth-order valence-electron chi connectivity index (χ4n) is 2.66. The summed E-state index contributed by atoms with van der Waals surface area (Å²) in [6.45, 7) is 1.97. The van der Waals surface area contributed by atoms with Crippen molar-refractivity contribution in [2.75, 3.05) is 12.4 Å². The second-order valence-electron chi connectivity index (χ2n) is 5.70. The van der Waals surface area contributed by atoms with Crippen molar-refractivity contribution in [1.82, 2.24) is 20.6 Å². The highest BCUT2D eigenvalue weighted by Gasteiger charge is 2.26. The summed E-state index contributed by atoms with van der Waals surface area (Å²) in [4.78, 5) is 12.9. The zero-order valence-corrected chi connectivity index (χ0v) is 14.1. The van der Waals surface area contributed by atoms with Gasteiger partial charge >= 0.3 is 0 Å². The topological polar surface area (TPSA) is 92.8 Å². The largest absolute Gasteiger partial charge is 0.496 e. The van der Waals surface area contributed by atoms with Gasteiger partial charge in [0, 0.05) is 5.69 Å². The number of para-hydroxylation sites is 1. The Kier molecular flexibility index (Phi) is 5.03. The molecule has 0 unspecified atom stereocenters. The standard InChI is InChI=1S/C18H19N5O2/c1-12-6-5-8-14(10-12)19-18(24)15(17-20-22-23-21-17)11-13-7-3-4-9-16(13)25-2/h3-10,15H,11H2,1-2H3,(H,19,24)(H,20,21,22,23)/t15-/m1/s1. The van der Waals surface area contributed by atoms with Crippen LogP contribution in [0.2, 0.25) is 0 Å². The van der Waals surface area contributed by atoms with Gasteiger partial charge in [-0.15, -0.1) is 10.2 Å². The number of anilines is 1. The highest BCUT2D eigenvalue weighted by atomic mass is 16.5. The minimum atomic E-state index is -0.587. The third-order valence-corrected chi connectivity index (χ3v) is 3.89. The first kappa shape index (κ1) is 16.6. The molecular formula is C18H19N5O2. The molecule has 0 bridgehead atoms. The van der Waals surface area contributed by atoms with Gasteiger partial charge < -0.3 is 10.1 Å². The number of aryl methyl sites for hydroxylation is 1. The van der Waals surface area contributed by atoms with E-state index in [9.17, 15) is 4.79 Å². The van der Waals surface area contributed by atoms with Crippen LogP contribution in [0.25, 0.3) is 0 Å². The van der Waals surface area contributed by atoms with Gasteiger partial charge in [-0.1, -0.05) is 35.5 Å². The monoisotopic (exact) mass is 337 g/mol. The Morgan fingerprint density at radius 3 is 2.80 bits per heavy atom. The molecule has 0 aliphatic heterocycles. The van der Waals surface area contributed by atoms with E-state index >= 15 is 0 Å². The van der Waals surface area contributed by atoms with Crippen molar-refractivity contribution in [2.45, 2.75) is 19.3 Å². The summed E-state index contributed by atoms with van der Waals surface area (Å²) in [5.74, 6) is 0.281. The van der Waals surface area contributed by atoms with E-state index in [1.54, 1.807) is 7.11 Å². The Labute approximate surface area is 145 Å². The summed E-state index contributed by atoms with van der Waals surface area (Å²) < 4.78 is 5.38. The second kappa shape index (κ2) is 7.57.